The molecule has 5 heteroatoms. The minimum Gasteiger partial charge on any atom is -0.340 e. The van der Waals surface area contributed by atoms with E-state index in [0.29, 0.717) is 24.4 Å². The van der Waals surface area contributed by atoms with Gasteiger partial charge in [-0.2, -0.15) is 11.8 Å². The van der Waals surface area contributed by atoms with Crippen molar-refractivity contribution in [1.82, 2.24) is 10.2 Å². The predicted octanol–water partition coefficient (Wildman–Crippen LogP) is 3.32. The monoisotopic (exact) mass is 334 g/mol. The highest BCUT2D eigenvalue weighted by atomic mass is 35.5. The molecule has 0 spiro atoms. The van der Waals surface area contributed by atoms with Crippen LogP contribution < -0.4 is 5.32 Å². The van der Waals surface area contributed by atoms with Gasteiger partial charge in [0.25, 0.3) is 0 Å². The highest BCUT2D eigenvalue weighted by Crippen LogP contribution is 2.24. The Morgan fingerprint density at radius 2 is 2.19 bits per heavy atom. The molecule has 2 unspecified atom stereocenters. The highest BCUT2D eigenvalue weighted by molar-refractivity contribution is 7.99. The van der Waals surface area contributed by atoms with Crippen LogP contribution in [0.25, 0.3) is 0 Å². The van der Waals surface area contributed by atoms with Gasteiger partial charge >= 0.3 is 0 Å². The normalized spacial score (nSPS) is 26.5. The summed E-state index contributed by atoms with van der Waals surface area (Å²) in [4.78, 5) is 14.8. The van der Waals surface area contributed by atoms with Crippen LogP contribution in [0.2, 0.25) is 0 Å². The van der Waals surface area contributed by atoms with Crippen LogP contribution >= 0.6 is 24.2 Å². The molecule has 0 aromatic heterocycles. The van der Waals surface area contributed by atoms with Crippen molar-refractivity contribution in [3.05, 3.63) is 0 Å². The van der Waals surface area contributed by atoms with Gasteiger partial charge in [-0.05, 0) is 38.0 Å². The molecule has 0 aromatic carbocycles. The number of halogens is 1. The molecule has 2 heterocycles. The second kappa shape index (κ2) is 9.96. The van der Waals surface area contributed by atoms with E-state index >= 15 is 0 Å². The topological polar surface area (TPSA) is 32.3 Å². The van der Waals surface area contributed by atoms with Crippen LogP contribution in [-0.2, 0) is 4.79 Å². The molecule has 2 aliphatic rings. The van der Waals surface area contributed by atoms with Crippen molar-refractivity contribution in [3.63, 3.8) is 0 Å². The molecule has 2 rings (SSSR count). The minimum atomic E-state index is 0. The summed E-state index contributed by atoms with van der Waals surface area (Å²) in [5, 5.41) is 3.49. The zero-order chi connectivity index (χ0) is 14.4. The highest BCUT2D eigenvalue weighted by Gasteiger charge is 2.28. The number of piperidine rings is 1. The van der Waals surface area contributed by atoms with Crippen LogP contribution in [0, 0.1) is 5.92 Å². The maximum Gasteiger partial charge on any atom is 0.224 e. The molecule has 0 aliphatic carbocycles. The zero-order valence-electron chi connectivity index (χ0n) is 13.5. The first-order chi connectivity index (χ1) is 9.66. The van der Waals surface area contributed by atoms with Gasteiger partial charge in [-0.3, -0.25) is 4.79 Å². The first kappa shape index (κ1) is 19.1. The molecule has 0 saturated carbocycles. The van der Waals surface area contributed by atoms with Crippen molar-refractivity contribution in [2.24, 2.45) is 5.92 Å². The van der Waals surface area contributed by atoms with Gasteiger partial charge in [0.2, 0.25) is 5.91 Å². The van der Waals surface area contributed by atoms with Crippen LogP contribution in [-0.4, -0.2) is 47.5 Å². The maximum atomic E-state index is 12.6. The van der Waals surface area contributed by atoms with E-state index in [0.717, 1.165) is 24.8 Å². The number of nitrogens with zero attached hydrogens (tertiary/aromatic N) is 1. The number of thioether (sulfide) groups is 1. The van der Waals surface area contributed by atoms with Gasteiger partial charge in [0.1, 0.15) is 0 Å². The van der Waals surface area contributed by atoms with E-state index in [1.54, 1.807) is 0 Å². The van der Waals surface area contributed by atoms with E-state index in [2.05, 4.69) is 24.1 Å². The number of carbonyl (C=O) groups excluding carboxylic acids is 1. The van der Waals surface area contributed by atoms with Crippen molar-refractivity contribution in [3.8, 4) is 0 Å². The van der Waals surface area contributed by atoms with E-state index in [4.69, 9.17) is 0 Å². The number of rotatable bonds is 5. The van der Waals surface area contributed by atoms with Crippen LogP contribution in [0.1, 0.15) is 52.4 Å². The second-order valence-electron chi connectivity index (χ2n) is 6.64. The Labute approximate surface area is 140 Å². The Morgan fingerprint density at radius 1 is 1.38 bits per heavy atom. The van der Waals surface area contributed by atoms with Gasteiger partial charge in [-0.1, -0.05) is 13.8 Å². The molecule has 2 fully saturated rings. The third-order valence-corrected chi connectivity index (χ3v) is 5.58. The Bertz CT molecular complexity index is 309. The molecule has 2 atom stereocenters. The standard InChI is InChI=1S/C16H30N2OS.ClH/c1-13(2)6-7-15-5-3-4-9-18(15)16(19)11-14-12-20-10-8-17-14;/h13-15,17H,3-12H2,1-2H3;1H. The quantitative estimate of drug-likeness (QED) is 0.837. The Morgan fingerprint density at radius 3 is 2.86 bits per heavy atom. The molecule has 2 saturated heterocycles. The number of hydrogen-bond donors (Lipinski definition) is 1. The number of carbonyl (C=O) groups is 1. The Balaban J connectivity index is 0.00000220. The van der Waals surface area contributed by atoms with E-state index in [9.17, 15) is 4.79 Å². The van der Waals surface area contributed by atoms with Gasteiger partial charge in [0.15, 0.2) is 0 Å². The number of hydrogen-bond acceptors (Lipinski definition) is 3. The third-order valence-electron chi connectivity index (χ3n) is 4.44. The lowest BCUT2D eigenvalue weighted by Crippen LogP contribution is -2.47. The fourth-order valence-electron chi connectivity index (χ4n) is 3.23. The van der Waals surface area contributed by atoms with Gasteiger partial charge < -0.3 is 10.2 Å². The summed E-state index contributed by atoms with van der Waals surface area (Å²) < 4.78 is 0. The molecule has 1 amide bonds. The average molecular weight is 335 g/mol. The molecule has 0 aromatic rings. The maximum absolute atomic E-state index is 12.6. The fourth-order valence-corrected chi connectivity index (χ4v) is 4.18. The van der Waals surface area contributed by atoms with Crippen molar-refractivity contribution in [2.45, 2.75) is 64.5 Å². The summed E-state index contributed by atoms with van der Waals surface area (Å²) in [5.74, 6) is 3.41. The van der Waals surface area contributed by atoms with Crippen molar-refractivity contribution in [2.75, 3.05) is 24.6 Å². The molecule has 3 nitrogen and oxygen atoms in total. The molecule has 0 bridgehead atoms. The smallest absolute Gasteiger partial charge is 0.224 e. The SMILES string of the molecule is CC(C)CCC1CCCCN1C(=O)CC1CSCCN1.Cl. The Hall–Kier alpha value is 0.0700. The second-order valence-corrected chi connectivity index (χ2v) is 7.79. The van der Waals surface area contributed by atoms with Crippen LogP contribution in [0.3, 0.4) is 0 Å². The van der Waals surface area contributed by atoms with Gasteiger partial charge in [-0.25, -0.2) is 0 Å². The van der Waals surface area contributed by atoms with E-state index in [-0.39, 0.29) is 12.4 Å². The largest absolute Gasteiger partial charge is 0.340 e. The summed E-state index contributed by atoms with van der Waals surface area (Å²) in [5.41, 5.74) is 0. The minimum absolute atomic E-state index is 0. The molecule has 21 heavy (non-hydrogen) atoms. The van der Waals surface area contributed by atoms with E-state index in [1.807, 2.05) is 11.8 Å². The summed E-state index contributed by atoms with van der Waals surface area (Å²) in [6, 6.07) is 0.906. The van der Waals surface area contributed by atoms with Crippen molar-refractivity contribution in [1.29, 1.82) is 0 Å². The molecule has 1 N–H and O–H groups in total. The zero-order valence-corrected chi connectivity index (χ0v) is 15.1. The molecule has 124 valence electrons. The Kier molecular flexibility index (Phi) is 9.07. The van der Waals surface area contributed by atoms with Gasteiger partial charge in [0, 0.05) is 43.1 Å². The van der Waals surface area contributed by atoms with Crippen LogP contribution in [0.15, 0.2) is 0 Å². The van der Waals surface area contributed by atoms with Crippen molar-refractivity contribution < 1.29 is 4.79 Å². The lowest BCUT2D eigenvalue weighted by Gasteiger charge is -2.37. The van der Waals surface area contributed by atoms with Gasteiger partial charge in [-0.15, -0.1) is 12.4 Å². The molecule has 0 radical (unpaired) electrons. The summed E-state index contributed by atoms with van der Waals surface area (Å²) in [7, 11) is 0. The van der Waals surface area contributed by atoms with E-state index in [1.165, 1.54) is 37.9 Å². The van der Waals surface area contributed by atoms with Crippen LogP contribution in [0.5, 0.6) is 0 Å². The first-order valence-electron chi connectivity index (χ1n) is 8.27. The summed E-state index contributed by atoms with van der Waals surface area (Å²) >= 11 is 1.97. The summed E-state index contributed by atoms with van der Waals surface area (Å²) in [6.07, 6.45) is 6.83. The van der Waals surface area contributed by atoms with Gasteiger partial charge in [0.05, 0.1) is 0 Å². The number of nitrogens with one attached hydrogen (secondary N) is 1. The summed E-state index contributed by atoms with van der Waals surface area (Å²) in [6.45, 7) is 6.59. The predicted molar refractivity (Wildman–Crippen MR) is 94.4 cm³/mol. The molecular weight excluding hydrogens is 304 g/mol. The van der Waals surface area contributed by atoms with Crippen molar-refractivity contribution >= 4 is 30.1 Å². The number of amides is 1. The van der Waals surface area contributed by atoms with Crippen LogP contribution in [0.4, 0.5) is 0 Å². The molecule has 2 aliphatic heterocycles. The third kappa shape index (κ3) is 6.37. The average Bonchev–Trinajstić information content (AvgIpc) is 2.46. The lowest BCUT2D eigenvalue weighted by atomic mass is 9.94. The van der Waals surface area contributed by atoms with E-state index < -0.39 is 0 Å². The fraction of sp³-hybridized carbons (Fsp3) is 0.938. The number of likely N-dealkylation sites (tertiary alicyclic amines) is 1. The lowest BCUT2D eigenvalue weighted by molar-refractivity contribution is -0.135. The first-order valence-corrected chi connectivity index (χ1v) is 9.43. The molecular formula is C16H31ClN2OS.